The van der Waals surface area contributed by atoms with Crippen LogP contribution in [0.1, 0.15) is 30.5 Å². The molecular weight excluding hydrogens is 302 g/mol. The summed E-state index contributed by atoms with van der Waals surface area (Å²) in [5.74, 6) is 1.62. The number of benzene rings is 2. The van der Waals surface area contributed by atoms with Gasteiger partial charge in [-0.1, -0.05) is 60.2 Å². The quantitative estimate of drug-likeness (QED) is 0.737. The zero-order chi connectivity index (χ0) is 16.7. The average Bonchev–Trinajstić information content (AvgIpc) is 2.53. The maximum absolute atomic E-state index is 12.6. The first-order valence-electron chi connectivity index (χ1n) is 8.03. The van der Waals surface area contributed by atoms with Gasteiger partial charge in [-0.25, -0.2) is 0 Å². The SMILES string of the molecule is Cc1cccc(CSCC(=O)N(Cc2ccccc2)C(C)C)c1. The minimum absolute atomic E-state index is 0.210. The highest BCUT2D eigenvalue weighted by atomic mass is 32.2. The van der Waals surface area contributed by atoms with E-state index in [2.05, 4.69) is 57.2 Å². The summed E-state index contributed by atoms with van der Waals surface area (Å²) in [7, 11) is 0. The minimum atomic E-state index is 0.210. The highest BCUT2D eigenvalue weighted by molar-refractivity contribution is 7.99. The van der Waals surface area contributed by atoms with Crippen LogP contribution >= 0.6 is 11.8 Å². The number of rotatable bonds is 7. The van der Waals surface area contributed by atoms with E-state index in [9.17, 15) is 4.79 Å². The second-order valence-corrected chi connectivity index (χ2v) is 7.07. The molecule has 2 rings (SSSR count). The van der Waals surface area contributed by atoms with Crippen molar-refractivity contribution < 1.29 is 4.79 Å². The largest absolute Gasteiger partial charge is 0.335 e. The Hall–Kier alpha value is -1.74. The van der Waals surface area contributed by atoms with E-state index in [0.717, 1.165) is 5.75 Å². The van der Waals surface area contributed by atoms with E-state index < -0.39 is 0 Å². The molecule has 0 unspecified atom stereocenters. The molecule has 0 fully saturated rings. The molecule has 0 atom stereocenters. The smallest absolute Gasteiger partial charge is 0.233 e. The van der Waals surface area contributed by atoms with Gasteiger partial charge in [0, 0.05) is 18.3 Å². The van der Waals surface area contributed by atoms with E-state index in [1.807, 2.05) is 23.1 Å². The lowest BCUT2D eigenvalue weighted by atomic mass is 10.2. The van der Waals surface area contributed by atoms with Crippen LogP contribution in [0.25, 0.3) is 0 Å². The Kier molecular flexibility index (Phi) is 6.72. The van der Waals surface area contributed by atoms with Gasteiger partial charge < -0.3 is 4.90 Å². The Morgan fingerprint density at radius 2 is 1.74 bits per heavy atom. The molecular formula is C20H25NOS. The third-order valence-electron chi connectivity index (χ3n) is 3.72. The Morgan fingerprint density at radius 3 is 2.39 bits per heavy atom. The van der Waals surface area contributed by atoms with Crippen molar-refractivity contribution in [3.63, 3.8) is 0 Å². The third-order valence-corrected chi connectivity index (χ3v) is 4.70. The number of carbonyl (C=O) groups excluding carboxylic acids is 1. The Labute approximate surface area is 143 Å². The van der Waals surface area contributed by atoms with Gasteiger partial charge >= 0.3 is 0 Å². The minimum Gasteiger partial charge on any atom is -0.335 e. The van der Waals surface area contributed by atoms with Crippen molar-refractivity contribution >= 4 is 17.7 Å². The molecule has 0 aliphatic heterocycles. The number of carbonyl (C=O) groups is 1. The van der Waals surface area contributed by atoms with Crippen molar-refractivity contribution in [1.82, 2.24) is 4.90 Å². The first kappa shape index (κ1) is 17.6. The zero-order valence-electron chi connectivity index (χ0n) is 14.2. The van der Waals surface area contributed by atoms with Crippen molar-refractivity contribution in [2.45, 2.75) is 39.1 Å². The molecule has 0 bridgehead atoms. The van der Waals surface area contributed by atoms with Gasteiger partial charge in [-0.2, -0.15) is 0 Å². The molecule has 2 aromatic rings. The van der Waals surface area contributed by atoms with E-state index in [1.165, 1.54) is 16.7 Å². The van der Waals surface area contributed by atoms with Crippen LogP contribution in [0.2, 0.25) is 0 Å². The van der Waals surface area contributed by atoms with E-state index in [-0.39, 0.29) is 11.9 Å². The fourth-order valence-corrected chi connectivity index (χ4v) is 3.34. The molecule has 0 saturated heterocycles. The first-order valence-corrected chi connectivity index (χ1v) is 9.18. The normalized spacial score (nSPS) is 10.8. The molecule has 0 saturated carbocycles. The molecule has 0 radical (unpaired) electrons. The number of hydrogen-bond donors (Lipinski definition) is 0. The van der Waals surface area contributed by atoms with Gasteiger partial charge in [0.15, 0.2) is 0 Å². The maximum Gasteiger partial charge on any atom is 0.233 e. The van der Waals surface area contributed by atoms with Crippen LogP contribution in [0.5, 0.6) is 0 Å². The number of nitrogens with zero attached hydrogens (tertiary/aromatic N) is 1. The van der Waals surface area contributed by atoms with Crippen molar-refractivity contribution in [2.75, 3.05) is 5.75 Å². The van der Waals surface area contributed by atoms with E-state index >= 15 is 0 Å². The third kappa shape index (κ3) is 5.76. The number of thioether (sulfide) groups is 1. The molecule has 0 aliphatic carbocycles. The van der Waals surface area contributed by atoms with E-state index in [4.69, 9.17) is 0 Å². The fourth-order valence-electron chi connectivity index (χ4n) is 2.48. The molecule has 23 heavy (non-hydrogen) atoms. The summed E-state index contributed by atoms with van der Waals surface area (Å²) in [5, 5.41) is 0. The van der Waals surface area contributed by atoms with Crippen LogP contribution in [-0.4, -0.2) is 22.6 Å². The lowest BCUT2D eigenvalue weighted by Gasteiger charge is -2.27. The monoisotopic (exact) mass is 327 g/mol. The van der Waals surface area contributed by atoms with Crippen LogP contribution in [0.4, 0.5) is 0 Å². The molecule has 0 aliphatic rings. The molecule has 2 aromatic carbocycles. The van der Waals surface area contributed by atoms with Crippen molar-refractivity contribution in [2.24, 2.45) is 0 Å². The standard InChI is InChI=1S/C20H25NOS/c1-16(2)21(13-18-9-5-4-6-10-18)20(22)15-23-14-19-11-7-8-17(3)12-19/h4-12,16H,13-15H2,1-3H3. The summed E-state index contributed by atoms with van der Waals surface area (Å²) < 4.78 is 0. The van der Waals surface area contributed by atoms with Crippen LogP contribution in [-0.2, 0) is 17.1 Å². The highest BCUT2D eigenvalue weighted by Crippen LogP contribution is 2.16. The molecule has 0 aromatic heterocycles. The maximum atomic E-state index is 12.6. The molecule has 0 spiro atoms. The Balaban J connectivity index is 1.88. The van der Waals surface area contributed by atoms with Crippen molar-refractivity contribution in [3.8, 4) is 0 Å². The molecule has 0 N–H and O–H groups in total. The van der Waals surface area contributed by atoms with Crippen LogP contribution < -0.4 is 0 Å². The van der Waals surface area contributed by atoms with Gasteiger partial charge in [0.05, 0.1) is 5.75 Å². The van der Waals surface area contributed by atoms with Gasteiger partial charge in [0.1, 0.15) is 0 Å². The summed E-state index contributed by atoms with van der Waals surface area (Å²) >= 11 is 1.69. The number of aryl methyl sites for hydroxylation is 1. The topological polar surface area (TPSA) is 20.3 Å². The summed E-state index contributed by atoms with van der Waals surface area (Å²) in [4.78, 5) is 14.5. The van der Waals surface area contributed by atoms with Crippen LogP contribution in [0.3, 0.4) is 0 Å². The van der Waals surface area contributed by atoms with E-state index in [0.29, 0.717) is 12.3 Å². The molecule has 122 valence electrons. The molecule has 2 nitrogen and oxygen atoms in total. The summed E-state index contributed by atoms with van der Waals surface area (Å²) in [5.41, 5.74) is 3.72. The lowest BCUT2D eigenvalue weighted by Crippen LogP contribution is -2.37. The Morgan fingerprint density at radius 1 is 1.04 bits per heavy atom. The number of amides is 1. The van der Waals surface area contributed by atoms with Crippen LogP contribution in [0.15, 0.2) is 54.6 Å². The zero-order valence-corrected chi connectivity index (χ0v) is 15.0. The van der Waals surface area contributed by atoms with Gasteiger partial charge in [-0.15, -0.1) is 11.8 Å². The summed E-state index contributed by atoms with van der Waals surface area (Å²) in [6.07, 6.45) is 0. The first-order chi connectivity index (χ1) is 11.1. The lowest BCUT2D eigenvalue weighted by molar-refractivity contribution is -0.130. The predicted octanol–water partition coefficient (Wildman–Crippen LogP) is 4.67. The van der Waals surface area contributed by atoms with Crippen molar-refractivity contribution in [3.05, 3.63) is 71.3 Å². The van der Waals surface area contributed by atoms with Gasteiger partial charge in [0.2, 0.25) is 5.91 Å². The Bertz CT molecular complexity index is 625. The van der Waals surface area contributed by atoms with Gasteiger partial charge in [-0.3, -0.25) is 4.79 Å². The second kappa shape index (κ2) is 8.78. The molecule has 3 heteroatoms. The predicted molar refractivity (Wildman–Crippen MR) is 99.5 cm³/mol. The van der Waals surface area contributed by atoms with Crippen LogP contribution in [0, 0.1) is 6.92 Å². The second-order valence-electron chi connectivity index (χ2n) is 6.08. The van der Waals surface area contributed by atoms with Crippen molar-refractivity contribution in [1.29, 1.82) is 0 Å². The van der Waals surface area contributed by atoms with Gasteiger partial charge in [0.25, 0.3) is 0 Å². The molecule has 0 heterocycles. The highest BCUT2D eigenvalue weighted by Gasteiger charge is 2.17. The number of hydrogen-bond acceptors (Lipinski definition) is 2. The summed E-state index contributed by atoms with van der Waals surface area (Å²) in [6, 6.07) is 18.9. The summed E-state index contributed by atoms with van der Waals surface area (Å²) in [6.45, 7) is 6.93. The van der Waals surface area contributed by atoms with Gasteiger partial charge in [-0.05, 0) is 31.9 Å². The van der Waals surface area contributed by atoms with E-state index in [1.54, 1.807) is 11.8 Å². The molecule has 1 amide bonds. The fraction of sp³-hybridized carbons (Fsp3) is 0.350. The average molecular weight is 327 g/mol.